The summed E-state index contributed by atoms with van der Waals surface area (Å²) in [6.45, 7) is 2.44. The first kappa shape index (κ1) is 18.4. The molecule has 1 amide bonds. The Kier molecular flexibility index (Phi) is 4.92. The third-order valence-corrected chi connectivity index (χ3v) is 7.22. The minimum Gasteiger partial charge on any atom is -0.383 e. The van der Waals surface area contributed by atoms with Crippen LogP contribution in [0.3, 0.4) is 0 Å². The molecule has 2 aliphatic rings. The number of methoxy groups -OCH3 is 1. The zero-order valence-electron chi connectivity index (χ0n) is 15.3. The maximum absolute atomic E-state index is 13.0. The lowest BCUT2D eigenvalue weighted by Crippen LogP contribution is -2.61. The molecular formula is C18H24N4O4S. The number of hydrogen-bond donors (Lipinski definition) is 0. The Balaban J connectivity index is 1.53. The van der Waals surface area contributed by atoms with E-state index >= 15 is 0 Å². The van der Waals surface area contributed by atoms with Crippen molar-refractivity contribution in [2.24, 2.45) is 0 Å². The largest absolute Gasteiger partial charge is 0.383 e. The van der Waals surface area contributed by atoms with Crippen LogP contribution >= 0.6 is 0 Å². The van der Waals surface area contributed by atoms with Crippen LogP contribution in [-0.4, -0.2) is 90.4 Å². The van der Waals surface area contributed by atoms with E-state index < -0.39 is 9.84 Å². The highest BCUT2D eigenvalue weighted by atomic mass is 32.2. The summed E-state index contributed by atoms with van der Waals surface area (Å²) < 4.78 is 31.6. The number of carbonyl (C=O) groups is 1. The van der Waals surface area contributed by atoms with Gasteiger partial charge in [0.15, 0.2) is 9.84 Å². The van der Waals surface area contributed by atoms with Crippen molar-refractivity contribution in [1.29, 1.82) is 0 Å². The van der Waals surface area contributed by atoms with E-state index in [0.717, 1.165) is 11.3 Å². The Hall–Kier alpha value is -1.97. The second-order valence-corrected chi connectivity index (χ2v) is 9.34. The highest BCUT2D eigenvalue weighted by Gasteiger charge is 2.47. The number of hydrogen-bond acceptors (Lipinski definition) is 6. The molecule has 8 nitrogen and oxygen atoms in total. The fraction of sp³-hybridized carbons (Fsp3) is 0.556. The van der Waals surface area contributed by atoms with Crippen LogP contribution in [0.1, 0.15) is 5.69 Å². The first-order valence-corrected chi connectivity index (χ1v) is 10.9. The van der Waals surface area contributed by atoms with Crippen molar-refractivity contribution in [3.05, 3.63) is 36.3 Å². The zero-order valence-corrected chi connectivity index (χ0v) is 16.1. The molecule has 4 rings (SSSR count). The quantitative estimate of drug-likeness (QED) is 0.703. The summed E-state index contributed by atoms with van der Waals surface area (Å²) in [6, 6.07) is 5.26. The van der Waals surface area contributed by atoms with E-state index in [1.165, 1.54) is 0 Å². The Labute approximate surface area is 158 Å². The second-order valence-electron chi connectivity index (χ2n) is 7.18. The van der Waals surface area contributed by atoms with Crippen LogP contribution in [0.15, 0.2) is 30.6 Å². The Morgan fingerprint density at radius 2 is 2.07 bits per heavy atom. The van der Waals surface area contributed by atoms with E-state index in [-0.39, 0.29) is 35.9 Å². The lowest BCUT2D eigenvalue weighted by molar-refractivity contribution is -0.136. The predicted molar refractivity (Wildman–Crippen MR) is 100 cm³/mol. The first-order valence-electron chi connectivity index (χ1n) is 9.12. The number of carbonyl (C=O) groups excluding carboxylic acids is 1. The molecule has 27 heavy (non-hydrogen) atoms. The SMILES string of the molecule is COCCN1CCN(C(=O)Cc2cnc3ccccn23)[C@@H]2CS(=O)(=O)C[C@@H]21. The molecule has 0 bridgehead atoms. The number of aromatic nitrogens is 2. The lowest BCUT2D eigenvalue weighted by atomic mass is 10.0. The molecule has 4 heterocycles. The van der Waals surface area contributed by atoms with Gasteiger partial charge in [-0.05, 0) is 12.1 Å². The average Bonchev–Trinajstić information content (AvgIpc) is 3.19. The maximum Gasteiger partial charge on any atom is 0.228 e. The van der Waals surface area contributed by atoms with E-state index in [1.54, 1.807) is 18.2 Å². The third kappa shape index (κ3) is 3.59. The molecule has 2 aromatic rings. The summed E-state index contributed by atoms with van der Waals surface area (Å²) in [5.41, 5.74) is 1.61. The van der Waals surface area contributed by atoms with Crippen molar-refractivity contribution < 1.29 is 17.9 Å². The molecule has 2 aliphatic heterocycles. The van der Waals surface area contributed by atoms with E-state index in [2.05, 4.69) is 9.88 Å². The topological polar surface area (TPSA) is 84.2 Å². The van der Waals surface area contributed by atoms with Gasteiger partial charge in [0, 0.05) is 45.2 Å². The number of amides is 1. The summed E-state index contributed by atoms with van der Waals surface area (Å²) in [5.74, 6) is 0.111. The summed E-state index contributed by atoms with van der Waals surface area (Å²) in [5, 5.41) is 0. The zero-order chi connectivity index (χ0) is 19.0. The molecule has 2 fully saturated rings. The smallest absolute Gasteiger partial charge is 0.228 e. The van der Waals surface area contributed by atoms with Crippen molar-refractivity contribution in [3.63, 3.8) is 0 Å². The van der Waals surface area contributed by atoms with E-state index in [9.17, 15) is 13.2 Å². The van der Waals surface area contributed by atoms with Crippen LogP contribution in [0, 0.1) is 0 Å². The Morgan fingerprint density at radius 3 is 2.89 bits per heavy atom. The van der Waals surface area contributed by atoms with E-state index in [1.807, 2.05) is 28.8 Å². The van der Waals surface area contributed by atoms with Gasteiger partial charge >= 0.3 is 0 Å². The third-order valence-electron chi connectivity index (χ3n) is 5.52. The number of ether oxygens (including phenoxy) is 1. The summed E-state index contributed by atoms with van der Waals surface area (Å²) in [4.78, 5) is 21.3. The predicted octanol–water partition coefficient (Wildman–Crippen LogP) is -0.167. The van der Waals surface area contributed by atoms with Crippen molar-refractivity contribution in [3.8, 4) is 0 Å². The van der Waals surface area contributed by atoms with Crippen molar-refractivity contribution in [2.45, 2.75) is 18.5 Å². The fourth-order valence-corrected chi connectivity index (χ4v) is 6.20. The van der Waals surface area contributed by atoms with Crippen LogP contribution in [0.2, 0.25) is 0 Å². The van der Waals surface area contributed by atoms with Gasteiger partial charge in [0.1, 0.15) is 5.65 Å². The van der Waals surface area contributed by atoms with Gasteiger partial charge in [-0.3, -0.25) is 9.69 Å². The molecule has 0 aliphatic carbocycles. The lowest BCUT2D eigenvalue weighted by Gasteiger charge is -2.43. The maximum atomic E-state index is 13.0. The number of imidazole rings is 1. The van der Waals surface area contributed by atoms with Gasteiger partial charge in [0.25, 0.3) is 0 Å². The minimum atomic E-state index is -3.14. The van der Waals surface area contributed by atoms with E-state index in [0.29, 0.717) is 26.2 Å². The number of rotatable bonds is 5. The van der Waals surface area contributed by atoms with Gasteiger partial charge in [-0.25, -0.2) is 13.4 Å². The molecule has 0 unspecified atom stereocenters. The summed E-state index contributed by atoms with van der Waals surface area (Å²) >= 11 is 0. The molecule has 2 saturated heterocycles. The second kappa shape index (κ2) is 7.21. The van der Waals surface area contributed by atoms with Crippen molar-refractivity contribution in [1.82, 2.24) is 19.2 Å². The molecule has 2 atom stereocenters. The highest BCUT2D eigenvalue weighted by Crippen LogP contribution is 2.27. The van der Waals surface area contributed by atoms with Crippen LogP contribution in [-0.2, 0) is 25.8 Å². The van der Waals surface area contributed by atoms with Gasteiger partial charge in [-0.2, -0.15) is 0 Å². The van der Waals surface area contributed by atoms with Gasteiger partial charge in [0.2, 0.25) is 5.91 Å². The van der Waals surface area contributed by atoms with Crippen LogP contribution in [0.4, 0.5) is 0 Å². The van der Waals surface area contributed by atoms with Gasteiger partial charge in [-0.1, -0.05) is 6.07 Å². The van der Waals surface area contributed by atoms with Crippen LogP contribution in [0.5, 0.6) is 0 Å². The highest BCUT2D eigenvalue weighted by molar-refractivity contribution is 7.91. The fourth-order valence-electron chi connectivity index (χ4n) is 4.19. The van der Waals surface area contributed by atoms with Gasteiger partial charge in [-0.15, -0.1) is 0 Å². The molecule has 0 aromatic carbocycles. The molecule has 2 aromatic heterocycles. The molecule has 9 heteroatoms. The molecule has 0 N–H and O–H groups in total. The number of piperazine rings is 1. The number of fused-ring (bicyclic) bond motifs is 2. The molecule has 0 spiro atoms. The molecule has 0 radical (unpaired) electrons. The first-order chi connectivity index (χ1) is 13.0. The standard InChI is InChI=1S/C18H24N4O4S/c1-26-9-8-20-6-7-22(16-13-27(24,25)12-15(16)20)18(23)10-14-11-19-17-4-2-3-5-21(14)17/h2-5,11,15-16H,6-10,12-13H2,1H3/t15-,16+/m0/s1. The van der Waals surface area contributed by atoms with Gasteiger partial charge in [0.05, 0.1) is 36.3 Å². The average molecular weight is 392 g/mol. The summed E-state index contributed by atoms with van der Waals surface area (Å²) in [6.07, 6.45) is 3.81. The Morgan fingerprint density at radius 1 is 1.26 bits per heavy atom. The summed E-state index contributed by atoms with van der Waals surface area (Å²) in [7, 11) is -1.51. The molecule has 146 valence electrons. The Bertz CT molecular complexity index is 942. The van der Waals surface area contributed by atoms with Crippen LogP contribution in [0.25, 0.3) is 5.65 Å². The van der Waals surface area contributed by atoms with Crippen molar-refractivity contribution in [2.75, 3.05) is 44.9 Å². The number of nitrogens with zero attached hydrogens (tertiary/aromatic N) is 4. The number of sulfone groups is 1. The normalized spacial score (nSPS) is 25.0. The van der Waals surface area contributed by atoms with Crippen molar-refractivity contribution >= 4 is 21.4 Å². The van der Waals surface area contributed by atoms with Gasteiger partial charge < -0.3 is 14.0 Å². The van der Waals surface area contributed by atoms with Crippen LogP contribution < -0.4 is 0 Å². The number of pyridine rings is 1. The molecule has 0 saturated carbocycles. The molecular weight excluding hydrogens is 368 g/mol. The minimum absolute atomic E-state index is 0.0417. The van der Waals surface area contributed by atoms with E-state index in [4.69, 9.17) is 4.74 Å². The monoisotopic (exact) mass is 392 g/mol.